The minimum absolute atomic E-state index is 0.849. The van der Waals surface area contributed by atoms with E-state index in [1.165, 1.54) is 0 Å². The van der Waals surface area contributed by atoms with Crippen molar-refractivity contribution >= 4 is 5.82 Å². The predicted molar refractivity (Wildman–Crippen MR) is 52.4 cm³/mol. The molecule has 0 radical (unpaired) electrons. The first-order chi connectivity index (χ1) is 6.34. The van der Waals surface area contributed by atoms with Gasteiger partial charge in [-0.3, -0.25) is 10.1 Å². The van der Waals surface area contributed by atoms with Gasteiger partial charge < -0.3 is 0 Å². The molecule has 1 N–H and O–H groups in total. The molecule has 0 aliphatic heterocycles. The van der Waals surface area contributed by atoms with Crippen molar-refractivity contribution in [2.24, 2.45) is 0 Å². The van der Waals surface area contributed by atoms with E-state index < -0.39 is 0 Å². The van der Waals surface area contributed by atoms with Gasteiger partial charge in [0, 0.05) is 18.6 Å². The molecule has 2 rings (SSSR count). The van der Waals surface area contributed by atoms with Crippen LogP contribution in [0, 0.1) is 6.92 Å². The summed E-state index contributed by atoms with van der Waals surface area (Å²) in [6.45, 7) is 2.02. The highest BCUT2D eigenvalue weighted by Gasteiger charge is 1.91. The van der Waals surface area contributed by atoms with Crippen LogP contribution in [0.5, 0.6) is 0 Å². The van der Waals surface area contributed by atoms with E-state index in [0.29, 0.717) is 0 Å². The third kappa shape index (κ3) is 1.87. The average molecular weight is 173 g/mol. The van der Waals surface area contributed by atoms with Crippen molar-refractivity contribution in [2.45, 2.75) is 6.92 Å². The Morgan fingerprint density at radius 1 is 1.23 bits per heavy atom. The fourth-order valence-electron chi connectivity index (χ4n) is 1.08. The Morgan fingerprint density at radius 2 is 2.00 bits per heavy atom. The van der Waals surface area contributed by atoms with Gasteiger partial charge in [0.25, 0.3) is 0 Å². The zero-order chi connectivity index (χ0) is 9.10. The van der Waals surface area contributed by atoms with E-state index in [1.807, 2.05) is 54.5 Å². The molecule has 0 bridgehead atoms. The summed E-state index contributed by atoms with van der Waals surface area (Å²) >= 11 is 0. The fraction of sp³-hybridized carbons (Fsp3) is 0.100. The minimum atomic E-state index is 0.849. The SMILES string of the molecule is Cc1ccc(Nn2cccc2)nc1. The van der Waals surface area contributed by atoms with E-state index >= 15 is 0 Å². The molecule has 0 aliphatic carbocycles. The molecule has 13 heavy (non-hydrogen) atoms. The van der Waals surface area contributed by atoms with Crippen molar-refractivity contribution in [3.63, 3.8) is 0 Å². The highest BCUT2D eigenvalue weighted by Crippen LogP contribution is 2.04. The van der Waals surface area contributed by atoms with Crippen molar-refractivity contribution in [2.75, 3.05) is 5.43 Å². The van der Waals surface area contributed by atoms with E-state index in [-0.39, 0.29) is 0 Å². The Morgan fingerprint density at radius 3 is 2.62 bits per heavy atom. The topological polar surface area (TPSA) is 29.9 Å². The lowest BCUT2D eigenvalue weighted by Crippen LogP contribution is -2.06. The Hall–Kier alpha value is -1.77. The van der Waals surface area contributed by atoms with Crippen LogP contribution in [0.1, 0.15) is 5.56 Å². The highest BCUT2D eigenvalue weighted by atomic mass is 15.4. The first-order valence-corrected chi connectivity index (χ1v) is 4.17. The number of nitrogens with zero attached hydrogens (tertiary/aromatic N) is 2. The summed E-state index contributed by atoms with van der Waals surface area (Å²) in [5.74, 6) is 0.849. The second kappa shape index (κ2) is 3.31. The lowest BCUT2D eigenvalue weighted by atomic mass is 10.3. The molecular weight excluding hydrogens is 162 g/mol. The van der Waals surface area contributed by atoms with Gasteiger partial charge in [-0.1, -0.05) is 6.07 Å². The normalized spacial score (nSPS) is 9.92. The van der Waals surface area contributed by atoms with Gasteiger partial charge in [0.1, 0.15) is 5.82 Å². The molecule has 3 nitrogen and oxygen atoms in total. The maximum absolute atomic E-state index is 4.22. The van der Waals surface area contributed by atoms with E-state index in [0.717, 1.165) is 11.4 Å². The second-order valence-corrected chi connectivity index (χ2v) is 2.92. The van der Waals surface area contributed by atoms with Gasteiger partial charge in [0.05, 0.1) is 0 Å². The number of nitrogens with one attached hydrogen (secondary N) is 1. The van der Waals surface area contributed by atoms with Gasteiger partial charge >= 0.3 is 0 Å². The molecule has 2 heterocycles. The second-order valence-electron chi connectivity index (χ2n) is 2.92. The third-order valence-corrected chi connectivity index (χ3v) is 1.76. The summed E-state index contributed by atoms with van der Waals surface area (Å²) in [5, 5.41) is 0. The van der Waals surface area contributed by atoms with Crippen LogP contribution in [0.4, 0.5) is 5.82 Å². The van der Waals surface area contributed by atoms with Crippen molar-refractivity contribution in [3.8, 4) is 0 Å². The smallest absolute Gasteiger partial charge is 0.144 e. The zero-order valence-electron chi connectivity index (χ0n) is 7.44. The van der Waals surface area contributed by atoms with E-state index in [1.54, 1.807) is 0 Å². The van der Waals surface area contributed by atoms with Gasteiger partial charge in [-0.05, 0) is 30.7 Å². The van der Waals surface area contributed by atoms with Crippen molar-refractivity contribution in [3.05, 3.63) is 48.4 Å². The fourth-order valence-corrected chi connectivity index (χ4v) is 1.08. The first kappa shape index (κ1) is 7.86. The number of rotatable bonds is 2. The minimum Gasteiger partial charge on any atom is -0.278 e. The Kier molecular flexibility index (Phi) is 2.00. The number of anilines is 1. The monoisotopic (exact) mass is 173 g/mol. The molecule has 0 saturated carbocycles. The van der Waals surface area contributed by atoms with Gasteiger partial charge in [-0.15, -0.1) is 0 Å². The third-order valence-electron chi connectivity index (χ3n) is 1.76. The van der Waals surface area contributed by atoms with Gasteiger partial charge in [0.15, 0.2) is 0 Å². The summed E-state index contributed by atoms with van der Waals surface area (Å²) in [6, 6.07) is 7.90. The largest absolute Gasteiger partial charge is 0.278 e. The summed E-state index contributed by atoms with van der Waals surface area (Å²) in [6.07, 6.45) is 5.70. The molecule has 2 aromatic rings. The van der Waals surface area contributed by atoms with Crippen molar-refractivity contribution in [1.82, 2.24) is 9.66 Å². The van der Waals surface area contributed by atoms with Crippen LogP contribution < -0.4 is 5.43 Å². The van der Waals surface area contributed by atoms with Gasteiger partial charge in [-0.25, -0.2) is 4.98 Å². The van der Waals surface area contributed by atoms with Gasteiger partial charge in [0.2, 0.25) is 0 Å². The lowest BCUT2D eigenvalue weighted by molar-refractivity contribution is 0.952. The molecule has 66 valence electrons. The van der Waals surface area contributed by atoms with E-state index in [4.69, 9.17) is 0 Å². The molecule has 0 atom stereocenters. The number of pyridine rings is 1. The van der Waals surface area contributed by atoms with Crippen LogP contribution in [-0.2, 0) is 0 Å². The zero-order valence-corrected chi connectivity index (χ0v) is 7.44. The van der Waals surface area contributed by atoms with Crippen LogP contribution >= 0.6 is 0 Å². The Balaban J connectivity index is 2.15. The Bertz CT molecular complexity index is 362. The van der Waals surface area contributed by atoms with Crippen molar-refractivity contribution < 1.29 is 0 Å². The maximum atomic E-state index is 4.22. The summed E-state index contributed by atoms with van der Waals surface area (Å²) in [4.78, 5) is 4.22. The van der Waals surface area contributed by atoms with Crippen molar-refractivity contribution in [1.29, 1.82) is 0 Å². The number of hydrogen-bond acceptors (Lipinski definition) is 2. The van der Waals surface area contributed by atoms with Crippen LogP contribution in [-0.4, -0.2) is 9.66 Å². The lowest BCUT2D eigenvalue weighted by Gasteiger charge is -2.05. The molecule has 0 aliphatic rings. The number of hydrogen-bond donors (Lipinski definition) is 1. The first-order valence-electron chi connectivity index (χ1n) is 4.17. The molecule has 0 unspecified atom stereocenters. The molecule has 0 saturated heterocycles. The van der Waals surface area contributed by atoms with Crippen LogP contribution in [0.25, 0.3) is 0 Å². The number of aromatic nitrogens is 2. The number of aryl methyl sites for hydroxylation is 1. The molecule has 0 spiro atoms. The predicted octanol–water partition coefficient (Wildman–Crippen LogP) is 2.07. The van der Waals surface area contributed by atoms with E-state index in [2.05, 4.69) is 10.4 Å². The summed E-state index contributed by atoms with van der Waals surface area (Å²) in [5.41, 5.74) is 4.28. The van der Waals surface area contributed by atoms with Crippen LogP contribution in [0.15, 0.2) is 42.9 Å². The molecular formula is C10H11N3. The molecule has 3 heteroatoms. The van der Waals surface area contributed by atoms with Gasteiger partial charge in [-0.2, -0.15) is 0 Å². The maximum Gasteiger partial charge on any atom is 0.144 e. The summed E-state index contributed by atoms with van der Waals surface area (Å²) in [7, 11) is 0. The standard InChI is InChI=1S/C10H11N3/c1-9-4-5-10(11-8-9)12-13-6-2-3-7-13/h2-8H,1H3,(H,11,12). The molecule has 0 aromatic carbocycles. The van der Waals surface area contributed by atoms with Crippen LogP contribution in [0.3, 0.4) is 0 Å². The van der Waals surface area contributed by atoms with E-state index in [9.17, 15) is 0 Å². The highest BCUT2D eigenvalue weighted by molar-refractivity contribution is 5.34. The summed E-state index contributed by atoms with van der Waals surface area (Å²) < 4.78 is 1.86. The quantitative estimate of drug-likeness (QED) is 0.753. The molecule has 0 amide bonds. The molecule has 0 fully saturated rings. The Labute approximate surface area is 77.0 Å². The molecule has 2 aromatic heterocycles. The van der Waals surface area contributed by atoms with Crippen LogP contribution in [0.2, 0.25) is 0 Å². The average Bonchev–Trinajstić information content (AvgIpc) is 2.62.